The summed E-state index contributed by atoms with van der Waals surface area (Å²) in [5, 5.41) is 3.27. The van der Waals surface area contributed by atoms with Gasteiger partial charge in [-0.15, -0.1) is 0 Å². The van der Waals surface area contributed by atoms with E-state index in [4.69, 9.17) is 4.74 Å². The van der Waals surface area contributed by atoms with Gasteiger partial charge in [-0.05, 0) is 25.2 Å². The Hall–Kier alpha value is -1.36. The van der Waals surface area contributed by atoms with E-state index in [-0.39, 0.29) is 0 Å². The Morgan fingerprint density at radius 2 is 2.37 bits per heavy atom. The lowest BCUT2D eigenvalue weighted by Crippen LogP contribution is -2.31. The minimum atomic E-state index is 0.604. The van der Waals surface area contributed by atoms with Crippen molar-refractivity contribution in [3.8, 4) is 0 Å². The van der Waals surface area contributed by atoms with Gasteiger partial charge in [-0.1, -0.05) is 6.92 Å². The van der Waals surface area contributed by atoms with Gasteiger partial charge in [0, 0.05) is 26.7 Å². The molecule has 5 nitrogen and oxygen atoms in total. The molecule has 19 heavy (non-hydrogen) atoms. The number of hydrogen-bond acceptors (Lipinski definition) is 5. The molecule has 0 amide bonds. The van der Waals surface area contributed by atoms with E-state index in [1.165, 1.54) is 12.8 Å². The lowest BCUT2D eigenvalue weighted by atomic mass is 10.0. The summed E-state index contributed by atoms with van der Waals surface area (Å²) in [5.74, 6) is 2.38. The zero-order chi connectivity index (χ0) is 13.5. The van der Waals surface area contributed by atoms with Crippen LogP contribution in [0.15, 0.2) is 12.4 Å². The van der Waals surface area contributed by atoms with E-state index in [0.717, 1.165) is 44.4 Å². The van der Waals surface area contributed by atoms with Gasteiger partial charge in [-0.2, -0.15) is 0 Å². The molecular formula is C14H24N4O. The topological polar surface area (TPSA) is 50.3 Å². The minimum absolute atomic E-state index is 0.604. The number of hydrogen-bond donors (Lipinski definition) is 1. The summed E-state index contributed by atoms with van der Waals surface area (Å²) in [6.45, 7) is 5.83. The second-order valence-corrected chi connectivity index (χ2v) is 5.15. The Bertz CT molecular complexity index is 379. The van der Waals surface area contributed by atoms with Crippen LogP contribution in [0.2, 0.25) is 0 Å². The fraction of sp³-hybridized carbons (Fsp3) is 0.714. The summed E-state index contributed by atoms with van der Waals surface area (Å²) >= 11 is 0. The van der Waals surface area contributed by atoms with Crippen LogP contribution in [0.3, 0.4) is 0 Å². The molecule has 5 heteroatoms. The third-order valence-corrected chi connectivity index (χ3v) is 3.36. The van der Waals surface area contributed by atoms with Gasteiger partial charge in [0.15, 0.2) is 0 Å². The molecule has 1 aliphatic heterocycles. The van der Waals surface area contributed by atoms with E-state index in [1.807, 2.05) is 6.20 Å². The zero-order valence-corrected chi connectivity index (χ0v) is 11.9. The standard InChI is InChI=1S/C14H24N4O/c1-3-6-16-13-8-15-9-14(17-13)18(2)10-12-5-4-7-19-11-12/h8-9,12H,3-7,10-11H2,1-2H3,(H,16,17). The van der Waals surface area contributed by atoms with Crippen LogP contribution >= 0.6 is 0 Å². The Morgan fingerprint density at radius 1 is 1.47 bits per heavy atom. The predicted octanol–water partition coefficient (Wildman–Crippen LogP) is 2.16. The van der Waals surface area contributed by atoms with Crippen LogP contribution in [0.4, 0.5) is 11.6 Å². The molecule has 0 radical (unpaired) electrons. The summed E-state index contributed by atoms with van der Waals surface area (Å²) in [4.78, 5) is 11.0. The van der Waals surface area contributed by atoms with Crippen molar-refractivity contribution in [3.63, 3.8) is 0 Å². The van der Waals surface area contributed by atoms with Crippen molar-refractivity contribution in [2.24, 2.45) is 5.92 Å². The molecule has 1 saturated heterocycles. The highest BCUT2D eigenvalue weighted by Crippen LogP contribution is 2.18. The van der Waals surface area contributed by atoms with Crippen LogP contribution in [0.5, 0.6) is 0 Å². The third-order valence-electron chi connectivity index (χ3n) is 3.36. The molecule has 1 N–H and O–H groups in total. The van der Waals surface area contributed by atoms with E-state index in [0.29, 0.717) is 5.92 Å². The number of nitrogens with zero attached hydrogens (tertiary/aromatic N) is 3. The van der Waals surface area contributed by atoms with Gasteiger partial charge in [-0.3, -0.25) is 4.98 Å². The first-order valence-electron chi connectivity index (χ1n) is 7.14. The SMILES string of the molecule is CCCNc1cncc(N(C)CC2CCCOC2)n1. The fourth-order valence-corrected chi connectivity index (χ4v) is 2.31. The summed E-state index contributed by atoms with van der Waals surface area (Å²) < 4.78 is 5.52. The molecule has 1 aliphatic rings. The molecule has 1 atom stereocenters. The molecule has 0 aromatic carbocycles. The van der Waals surface area contributed by atoms with E-state index in [1.54, 1.807) is 6.20 Å². The molecule has 1 aromatic rings. The first-order chi connectivity index (χ1) is 9.29. The van der Waals surface area contributed by atoms with E-state index in [9.17, 15) is 0 Å². The average molecular weight is 264 g/mol. The van der Waals surface area contributed by atoms with Gasteiger partial charge in [0.25, 0.3) is 0 Å². The highest BCUT2D eigenvalue weighted by atomic mass is 16.5. The molecule has 0 spiro atoms. The molecule has 1 unspecified atom stereocenters. The lowest BCUT2D eigenvalue weighted by Gasteiger charge is -2.27. The van der Waals surface area contributed by atoms with Gasteiger partial charge in [0.1, 0.15) is 11.6 Å². The number of aromatic nitrogens is 2. The molecule has 1 fully saturated rings. The molecule has 1 aromatic heterocycles. The summed E-state index contributed by atoms with van der Waals surface area (Å²) in [6, 6.07) is 0. The van der Waals surface area contributed by atoms with Gasteiger partial charge < -0.3 is 15.0 Å². The van der Waals surface area contributed by atoms with Crippen LogP contribution in [-0.4, -0.2) is 43.3 Å². The van der Waals surface area contributed by atoms with Crippen molar-refractivity contribution < 1.29 is 4.74 Å². The monoisotopic (exact) mass is 264 g/mol. The van der Waals surface area contributed by atoms with Crippen molar-refractivity contribution >= 4 is 11.6 Å². The number of nitrogens with one attached hydrogen (secondary N) is 1. The smallest absolute Gasteiger partial charge is 0.149 e. The van der Waals surface area contributed by atoms with E-state index >= 15 is 0 Å². The van der Waals surface area contributed by atoms with Gasteiger partial charge in [-0.25, -0.2) is 4.98 Å². The first-order valence-corrected chi connectivity index (χ1v) is 7.14. The van der Waals surface area contributed by atoms with Gasteiger partial charge in [0.2, 0.25) is 0 Å². The van der Waals surface area contributed by atoms with Crippen molar-refractivity contribution in [1.82, 2.24) is 9.97 Å². The summed E-state index contributed by atoms with van der Waals surface area (Å²) in [6.07, 6.45) is 7.09. The summed E-state index contributed by atoms with van der Waals surface area (Å²) in [7, 11) is 2.07. The zero-order valence-electron chi connectivity index (χ0n) is 11.9. The Kier molecular flexibility index (Phi) is 5.39. The highest BCUT2D eigenvalue weighted by Gasteiger charge is 2.16. The maximum absolute atomic E-state index is 5.52. The molecular weight excluding hydrogens is 240 g/mol. The Labute approximate surface area is 115 Å². The quantitative estimate of drug-likeness (QED) is 0.853. The Morgan fingerprint density at radius 3 is 3.11 bits per heavy atom. The number of anilines is 2. The van der Waals surface area contributed by atoms with Gasteiger partial charge in [0.05, 0.1) is 19.0 Å². The maximum Gasteiger partial charge on any atom is 0.149 e. The average Bonchev–Trinajstić information content (AvgIpc) is 2.46. The van der Waals surface area contributed by atoms with Gasteiger partial charge >= 0.3 is 0 Å². The molecule has 2 rings (SSSR count). The van der Waals surface area contributed by atoms with Crippen LogP contribution in [0, 0.1) is 5.92 Å². The first kappa shape index (κ1) is 14.1. The van der Waals surface area contributed by atoms with Crippen LogP contribution in [-0.2, 0) is 4.74 Å². The summed E-state index contributed by atoms with van der Waals surface area (Å²) in [5.41, 5.74) is 0. The van der Waals surface area contributed by atoms with Crippen molar-refractivity contribution in [3.05, 3.63) is 12.4 Å². The van der Waals surface area contributed by atoms with Crippen molar-refractivity contribution in [2.45, 2.75) is 26.2 Å². The normalized spacial score (nSPS) is 19.2. The predicted molar refractivity (Wildman–Crippen MR) is 77.6 cm³/mol. The minimum Gasteiger partial charge on any atom is -0.381 e. The second-order valence-electron chi connectivity index (χ2n) is 5.15. The highest BCUT2D eigenvalue weighted by molar-refractivity contribution is 5.43. The van der Waals surface area contributed by atoms with E-state index < -0.39 is 0 Å². The van der Waals surface area contributed by atoms with Crippen molar-refractivity contribution in [1.29, 1.82) is 0 Å². The third kappa shape index (κ3) is 4.35. The lowest BCUT2D eigenvalue weighted by molar-refractivity contribution is 0.0576. The maximum atomic E-state index is 5.52. The van der Waals surface area contributed by atoms with Crippen molar-refractivity contribution in [2.75, 3.05) is 43.6 Å². The molecule has 0 saturated carbocycles. The fourth-order valence-electron chi connectivity index (χ4n) is 2.31. The Balaban J connectivity index is 1.91. The van der Waals surface area contributed by atoms with Crippen LogP contribution in [0.1, 0.15) is 26.2 Å². The van der Waals surface area contributed by atoms with Crippen LogP contribution in [0.25, 0.3) is 0 Å². The second kappa shape index (κ2) is 7.28. The van der Waals surface area contributed by atoms with Crippen LogP contribution < -0.4 is 10.2 Å². The van der Waals surface area contributed by atoms with E-state index in [2.05, 4.69) is 34.2 Å². The molecule has 0 bridgehead atoms. The number of rotatable bonds is 6. The number of ether oxygens (including phenoxy) is 1. The molecule has 0 aliphatic carbocycles. The molecule has 106 valence electrons. The largest absolute Gasteiger partial charge is 0.381 e. The molecule has 2 heterocycles.